The van der Waals surface area contributed by atoms with E-state index >= 15 is 0 Å². The normalized spacial score (nSPS) is 11.7. The standard InChI is InChI=1S/C19H22N4OS/c1-19(2,3)13-7-12-5-4-6-21-18(12)15(8-13)23-16(24)9-14-11-25-17(10-20)22-14/h4-8,11H,9-10,20H2,1-3H3,(H,23,24). The van der Waals surface area contributed by atoms with Crippen molar-refractivity contribution in [3.63, 3.8) is 0 Å². The van der Waals surface area contributed by atoms with E-state index < -0.39 is 0 Å². The molecule has 3 aromatic rings. The molecule has 0 aliphatic heterocycles. The molecule has 0 saturated carbocycles. The first kappa shape index (κ1) is 17.5. The van der Waals surface area contributed by atoms with Crippen LogP contribution in [0.15, 0.2) is 35.8 Å². The number of nitrogens with zero attached hydrogens (tertiary/aromatic N) is 2. The Balaban J connectivity index is 1.90. The van der Waals surface area contributed by atoms with Crippen LogP contribution in [0.3, 0.4) is 0 Å². The number of hydrogen-bond donors (Lipinski definition) is 2. The Hall–Kier alpha value is -2.31. The van der Waals surface area contributed by atoms with Gasteiger partial charge in [0.2, 0.25) is 5.91 Å². The molecule has 0 fully saturated rings. The first-order valence-electron chi connectivity index (χ1n) is 8.19. The first-order valence-corrected chi connectivity index (χ1v) is 9.07. The molecule has 0 aliphatic rings. The zero-order valence-corrected chi connectivity index (χ0v) is 15.5. The summed E-state index contributed by atoms with van der Waals surface area (Å²) in [5.41, 5.74) is 8.99. The van der Waals surface area contributed by atoms with E-state index in [4.69, 9.17) is 5.73 Å². The van der Waals surface area contributed by atoms with Gasteiger partial charge in [0.25, 0.3) is 0 Å². The topological polar surface area (TPSA) is 80.9 Å². The quantitative estimate of drug-likeness (QED) is 0.750. The number of pyridine rings is 1. The van der Waals surface area contributed by atoms with Crippen molar-refractivity contribution in [1.82, 2.24) is 9.97 Å². The van der Waals surface area contributed by atoms with E-state index in [9.17, 15) is 4.79 Å². The Morgan fingerprint density at radius 1 is 1.32 bits per heavy atom. The number of rotatable bonds is 4. The fourth-order valence-electron chi connectivity index (χ4n) is 2.60. The summed E-state index contributed by atoms with van der Waals surface area (Å²) in [7, 11) is 0. The summed E-state index contributed by atoms with van der Waals surface area (Å²) in [5.74, 6) is -0.105. The second-order valence-corrected chi connectivity index (χ2v) is 7.95. The molecule has 0 atom stereocenters. The molecule has 3 rings (SSSR count). The smallest absolute Gasteiger partial charge is 0.230 e. The Bertz CT molecular complexity index is 911. The third-order valence-corrected chi connectivity index (χ3v) is 4.88. The third kappa shape index (κ3) is 4.03. The predicted molar refractivity (Wildman–Crippen MR) is 103 cm³/mol. The molecule has 0 saturated heterocycles. The van der Waals surface area contributed by atoms with Crippen LogP contribution in [0.5, 0.6) is 0 Å². The van der Waals surface area contributed by atoms with Crippen LogP contribution in [0, 0.1) is 0 Å². The van der Waals surface area contributed by atoms with Crippen molar-refractivity contribution in [2.45, 2.75) is 39.2 Å². The van der Waals surface area contributed by atoms with Crippen molar-refractivity contribution in [3.05, 3.63) is 52.1 Å². The van der Waals surface area contributed by atoms with E-state index in [2.05, 4.69) is 42.1 Å². The van der Waals surface area contributed by atoms with Crippen LogP contribution < -0.4 is 11.1 Å². The zero-order chi connectivity index (χ0) is 18.0. The maximum absolute atomic E-state index is 12.5. The maximum atomic E-state index is 12.5. The second-order valence-electron chi connectivity index (χ2n) is 7.01. The number of hydrogen-bond acceptors (Lipinski definition) is 5. The number of fused-ring (bicyclic) bond motifs is 1. The molecule has 3 N–H and O–H groups in total. The lowest BCUT2D eigenvalue weighted by Crippen LogP contribution is -2.17. The molecule has 0 bridgehead atoms. The van der Waals surface area contributed by atoms with Gasteiger partial charge in [-0.15, -0.1) is 11.3 Å². The fourth-order valence-corrected chi connectivity index (χ4v) is 3.28. The van der Waals surface area contributed by atoms with Crippen LogP contribution in [-0.4, -0.2) is 15.9 Å². The van der Waals surface area contributed by atoms with Crippen molar-refractivity contribution in [2.24, 2.45) is 5.73 Å². The van der Waals surface area contributed by atoms with E-state index in [1.807, 2.05) is 23.6 Å². The molecule has 5 nitrogen and oxygen atoms in total. The monoisotopic (exact) mass is 354 g/mol. The van der Waals surface area contributed by atoms with Gasteiger partial charge in [0.15, 0.2) is 0 Å². The number of nitrogens with two attached hydrogens (primary N) is 1. The predicted octanol–water partition coefficient (Wildman–Crippen LogP) is 3.63. The summed E-state index contributed by atoms with van der Waals surface area (Å²) in [5, 5.41) is 6.74. The highest BCUT2D eigenvalue weighted by molar-refractivity contribution is 7.09. The molecule has 2 aromatic heterocycles. The number of benzene rings is 1. The largest absolute Gasteiger partial charge is 0.325 e. The van der Waals surface area contributed by atoms with Crippen molar-refractivity contribution in [3.8, 4) is 0 Å². The van der Waals surface area contributed by atoms with Crippen LogP contribution in [0.1, 0.15) is 37.0 Å². The molecular weight excluding hydrogens is 332 g/mol. The van der Waals surface area contributed by atoms with Crippen molar-refractivity contribution < 1.29 is 4.79 Å². The summed E-state index contributed by atoms with van der Waals surface area (Å²) in [6.07, 6.45) is 1.97. The molecule has 0 spiro atoms. The number of nitrogens with one attached hydrogen (secondary N) is 1. The maximum Gasteiger partial charge on any atom is 0.230 e. The van der Waals surface area contributed by atoms with E-state index in [1.54, 1.807) is 6.20 Å². The Labute approximate surface area is 151 Å². The molecule has 1 aromatic carbocycles. The van der Waals surface area contributed by atoms with E-state index in [-0.39, 0.29) is 17.7 Å². The Morgan fingerprint density at radius 3 is 2.80 bits per heavy atom. The minimum atomic E-state index is -0.105. The lowest BCUT2D eigenvalue weighted by atomic mass is 9.86. The summed E-state index contributed by atoms with van der Waals surface area (Å²) < 4.78 is 0. The highest BCUT2D eigenvalue weighted by atomic mass is 32.1. The number of carbonyl (C=O) groups excluding carboxylic acids is 1. The number of thiazole rings is 1. The first-order chi connectivity index (χ1) is 11.9. The van der Waals surface area contributed by atoms with Crippen molar-refractivity contribution >= 4 is 33.8 Å². The minimum absolute atomic E-state index is 0.0194. The fraction of sp³-hybridized carbons (Fsp3) is 0.316. The van der Waals surface area contributed by atoms with Gasteiger partial charge in [-0.3, -0.25) is 9.78 Å². The lowest BCUT2D eigenvalue weighted by Gasteiger charge is -2.21. The molecule has 130 valence electrons. The van der Waals surface area contributed by atoms with E-state index in [0.29, 0.717) is 6.54 Å². The molecule has 2 heterocycles. The van der Waals surface area contributed by atoms with Gasteiger partial charge in [-0.1, -0.05) is 26.8 Å². The van der Waals surface area contributed by atoms with Gasteiger partial charge >= 0.3 is 0 Å². The Kier molecular flexibility index (Phi) is 4.83. The van der Waals surface area contributed by atoms with Gasteiger partial charge in [-0.2, -0.15) is 0 Å². The van der Waals surface area contributed by atoms with Crippen molar-refractivity contribution in [1.29, 1.82) is 0 Å². The molecule has 25 heavy (non-hydrogen) atoms. The van der Waals surface area contributed by atoms with E-state index in [1.165, 1.54) is 11.3 Å². The lowest BCUT2D eigenvalue weighted by molar-refractivity contribution is -0.115. The van der Waals surface area contributed by atoms with Gasteiger partial charge in [-0.25, -0.2) is 4.98 Å². The SMILES string of the molecule is CC(C)(C)c1cc(NC(=O)Cc2csc(CN)n2)c2ncccc2c1. The van der Waals surface area contributed by atoms with E-state index in [0.717, 1.165) is 32.9 Å². The van der Waals surface area contributed by atoms with Crippen LogP contribution in [0.25, 0.3) is 10.9 Å². The summed E-state index contributed by atoms with van der Waals surface area (Å²) in [6.45, 7) is 6.85. The van der Waals surface area contributed by atoms with Gasteiger partial charge in [-0.05, 0) is 29.2 Å². The van der Waals surface area contributed by atoms with Crippen LogP contribution in [0.4, 0.5) is 5.69 Å². The van der Waals surface area contributed by atoms with Gasteiger partial charge in [0.1, 0.15) is 5.01 Å². The number of carbonyl (C=O) groups is 1. The highest BCUT2D eigenvalue weighted by Crippen LogP contribution is 2.30. The molecule has 0 unspecified atom stereocenters. The van der Waals surface area contributed by atoms with Crippen LogP contribution in [-0.2, 0) is 23.2 Å². The second kappa shape index (κ2) is 6.90. The molecule has 0 aliphatic carbocycles. The minimum Gasteiger partial charge on any atom is -0.325 e. The summed E-state index contributed by atoms with van der Waals surface area (Å²) >= 11 is 1.48. The van der Waals surface area contributed by atoms with Crippen LogP contribution in [0.2, 0.25) is 0 Å². The number of anilines is 1. The highest BCUT2D eigenvalue weighted by Gasteiger charge is 2.18. The Morgan fingerprint density at radius 2 is 2.12 bits per heavy atom. The molecule has 6 heteroatoms. The van der Waals surface area contributed by atoms with Gasteiger partial charge in [0.05, 0.1) is 23.3 Å². The van der Waals surface area contributed by atoms with Gasteiger partial charge in [0, 0.05) is 23.5 Å². The summed E-state index contributed by atoms with van der Waals surface area (Å²) in [4.78, 5) is 21.3. The number of amides is 1. The van der Waals surface area contributed by atoms with Crippen LogP contribution >= 0.6 is 11.3 Å². The average molecular weight is 354 g/mol. The average Bonchev–Trinajstić information content (AvgIpc) is 3.01. The summed E-state index contributed by atoms with van der Waals surface area (Å²) in [6, 6.07) is 8.07. The molecule has 1 amide bonds. The zero-order valence-electron chi connectivity index (χ0n) is 14.7. The molecular formula is C19H22N4OS. The third-order valence-electron chi connectivity index (χ3n) is 3.96. The van der Waals surface area contributed by atoms with Crippen molar-refractivity contribution in [2.75, 3.05) is 5.32 Å². The van der Waals surface area contributed by atoms with Gasteiger partial charge < -0.3 is 11.1 Å². The molecule has 0 radical (unpaired) electrons. The number of aromatic nitrogens is 2.